The molecule has 100 valence electrons. The highest BCUT2D eigenvalue weighted by atomic mass is 19.1. The summed E-state index contributed by atoms with van der Waals surface area (Å²) in [6.45, 7) is 4.95. The van der Waals surface area contributed by atoms with Crippen molar-refractivity contribution in [1.29, 1.82) is 10.8 Å². The second-order valence-electron chi connectivity index (χ2n) is 5.00. The minimum absolute atomic E-state index is 0.0644. The van der Waals surface area contributed by atoms with Crippen molar-refractivity contribution in [3.63, 3.8) is 0 Å². The van der Waals surface area contributed by atoms with E-state index in [1.165, 1.54) is 24.0 Å². The molecule has 6 heteroatoms. The molecule has 0 amide bonds. The molecule has 1 aromatic rings. The van der Waals surface area contributed by atoms with Gasteiger partial charge in [0.1, 0.15) is 17.5 Å². The van der Waals surface area contributed by atoms with Gasteiger partial charge in [-0.1, -0.05) is 0 Å². The number of anilines is 2. The van der Waals surface area contributed by atoms with Crippen LogP contribution in [0.3, 0.4) is 0 Å². The zero-order chi connectivity index (χ0) is 14.4. The van der Waals surface area contributed by atoms with Crippen molar-refractivity contribution in [2.75, 3.05) is 10.2 Å². The van der Waals surface area contributed by atoms with E-state index in [1.54, 1.807) is 13.8 Å². The van der Waals surface area contributed by atoms with Crippen LogP contribution < -0.4 is 10.2 Å². The van der Waals surface area contributed by atoms with Crippen LogP contribution >= 0.6 is 0 Å². The molecule has 19 heavy (non-hydrogen) atoms. The third-order valence-electron chi connectivity index (χ3n) is 3.10. The van der Waals surface area contributed by atoms with E-state index < -0.39 is 11.4 Å². The molecule has 0 spiro atoms. The van der Waals surface area contributed by atoms with E-state index in [0.717, 1.165) is 0 Å². The lowest BCUT2D eigenvalue weighted by Crippen LogP contribution is -2.55. The average Bonchev–Trinajstić information content (AvgIpc) is 2.32. The summed E-state index contributed by atoms with van der Waals surface area (Å²) in [6, 6.07) is 2.56. The molecule has 0 aromatic heterocycles. The third kappa shape index (κ3) is 1.89. The Morgan fingerprint density at radius 2 is 2.11 bits per heavy atom. The van der Waals surface area contributed by atoms with Gasteiger partial charge in [-0.25, -0.2) is 4.39 Å². The molecule has 0 radical (unpaired) electrons. The minimum atomic E-state index is -0.822. The number of hydrogen-bond donors (Lipinski definition) is 3. The maximum absolute atomic E-state index is 13.9. The largest absolute Gasteiger partial charge is 0.369 e. The summed E-state index contributed by atoms with van der Waals surface area (Å²) < 4.78 is 13.9. The van der Waals surface area contributed by atoms with Gasteiger partial charge in [0.25, 0.3) is 0 Å². The number of hydrogen-bond acceptors (Lipinski definition) is 4. The Bertz CT molecular complexity index is 595. The molecule has 1 heterocycles. The smallest absolute Gasteiger partial charge is 0.152 e. The predicted octanol–water partition coefficient (Wildman–Crippen LogP) is 2.62. The van der Waals surface area contributed by atoms with Gasteiger partial charge in [0, 0.05) is 5.56 Å². The Kier molecular flexibility index (Phi) is 2.88. The highest BCUT2D eigenvalue weighted by Crippen LogP contribution is 2.39. The Morgan fingerprint density at radius 1 is 1.47 bits per heavy atom. The molecule has 0 fully saturated rings. The number of carbonyl (C=O) groups is 1. The Morgan fingerprint density at radius 3 is 2.63 bits per heavy atom. The first-order chi connectivity index (χ1) is 8.79. The lowest BCUT2D eigenvalue weighted by molar-refractivity contribution is 0.112. The number of rotatable bonds is 1. The molecule has 0 aliphatic carbocycles. The van der Waals surface area contributed by atoms with Crippen molar-refractivity contribution in [2.45, 2.75) is 26.3 Å². The minimum Gasteiger partial charge on any atom is -0.369 e. The molecule has 0 unspecified atom stereocenters. The number of amidine groups is 2. The summed E-state index contributed by atoms with van der Waals surface area (Å²) in [7, 11) is 0. The van der Waals surface area contributed by atoms with Crippen LogP contribution in [0.15, 0.2) is 12.1 Å². The molecule has 1 aliphatic rings. The molecule has 3 N–H and O–H groups in total. The second-order valence-corrected chi connectivity index (χ2v) is 5.00. The van der Waals surface area contributed by atoms with E-state index >= 15 is 0 Å². The third-order valence-corrected chi connectivity index (χ3v) is 3.10. The Hall–Kier alpha value is -2.24. The van der Waals surface area contributed by atoms with Crippen LogP contribution in [0, 0.1) is 16.6 Å². The monoisotopic (exact) mass is 262 g/mol. The highest BCUT2D eigenvalue weighted by Gasteiger charge is 2.39. The second kappa shape index (κ2) is 4.15. The number of nitrogens with zero attached hydrogens (tertiary/aromatic N) is 1. The lowest BCUT2D eigenvalue weighted by Gasteiger charge is -2.42. The Labute approximate surface area is 110 Å². The SMILES string of the molecule is CC(=N)N1C(=N)C(C)(C)Nc2c(F)ccc(C=O)c21. The van der Waals surface area contributed by atoms with E-state index in [4.69, 9.17) is 10.8 Å². The fourth-order valence-corrected chi connectivity index (χ4v) is 2.14. The van der Waals surface area contributed by atoms with Gasteiger partial charge in [-0.2, -0.15) is 0 Å². The molecule has 2 rings (SSSR count). The van der Waals surface area contributed by atoms with Crippen molar-refractivity contribution in [3.8, 4) is 0 Å². The normalized spacial score (nSPS) is 16.6. The van der Waals surface area contributed by atoms with Gasteiger partial charge in [0.15, 0.2) is 6.29 Å². The first kappa shape index (κ1) is 13.2. The molecule has 0 bridgehead atoms. The summed E-state index contributed by atoms with van der Waals surface area (Å²) in [4.78, 5) is 12.4. The zero-order valence-corrected chi connectivity index (χ0v) is 11.0. The van der Waals surface area contributed by atoms with Gasteiger partial charge in [-0.05, 0) is 32.9 Å². The van der Waals surface area contributed by atoms with Gasteiger partial charge >= 0.3 is 0 Å². The van der Waals surface area contributed by atoms with Crippen LogP contribution in [0.25, 0.3) is 0 Å². The number of halogens is 1. The van der Waals surface area contributed by atoms with Crippen molar-refractivity contribution in [3.05, 3.63) is 23.5 Å². The van der Waals surface area contributed by atoms with Gasteiger partial charge in [-0.3, -0.25) is 20.5 Å². The summed E-state index contributed by atoms with van der Waals surface area (Å²) in [6.07, 6.45) is 0.599. The standard InChI is InChI=1S/C13H15FN4O/c1-7(15)18-11-8(6-19)4-5-9(14)10(11)17-13(2,3)12(18)16/h4-6,15-17H,1-3H3. The van der Waals surface area contributed by atoms with E-state index in [9.17, 15) is 9.18 Å². The maximum Gasteiger partial charge on any atom is 0.152 e. The van der Waals surface area contributed by atoms with Crippen molar-refractivity contribution in [1.82, 2.24) is 0 Å². The number of fused-ring (bicyclic) bond motifs is 1. The van der Waals surface area contributed by atoms with Crippen LogP contribution in [-0.2, 0) is 0 Å². The topological polar surface area (TPSA) is 80.0 Å². The molecule has 1 aromatic carbocycles. The fourth-order valence-electron chi connectivity index (χ4n) is 2.14. The number of benzene rings is 1. The quantitative estimate of drug-likeness (QED) is 0.413. The van der Waals surface area contributed by atoms with Crippen LogP contribution in [0.5, 0.6) is 0 Å². The van der Waals surface area contributed by atoms with Crippen LogP contribution in [-0.4, -0.2) is 23.5 Å². The lowest BCUT2D eigenvalue weighted by atomic mass is 9.95. The fraction of sp³-hybridized carbons (Fsp3) is 0.308. The van der Waals surface area contributed by atoms with Gasteiger partial charge in [0.2, 0.25) is 0 Å². The van der Waals surface area contributed by atoms with Crippen molar-refractivity contribution in [2.24, 2.45) is 0 Å². The number of nitrogens with one attached hydrogen (secondary N) is 3. The number of aldehydes is 1. The van der Waals surface area contributed by atoms with Crippen LogP contribution in [0.1, 0.15) is 31.1 Å². The van der Waals surface area contributed by atoms with E-state index in [-0.39, 0.29) is 28.6 Å². The summed E-state index contributed by atoms with van der Waals surface area (Å²) in [5, 5.41) is 18.8. The van der Waals surface area contributed by atoms with E-state index in [2.05, 4.69) is 5.32 Å². The summed E-state index contributed by atoms with van der Waals surface area (Å²) >= 11 is 0. The first-order valence-corrected chi connectivity index (χ1v) is 5.79. The maximum atomic E-state index is 13.9. The Balaban J connectivity index is 2.79. The van der Waals surface area contributed by atoms with Gasteiger partial charge in [-0.15, -0.1) is 0 Å². The average molecular weight is 262 g/mol. The van der Waals surface area contributed by atoms with Crippen LogP contribution in [0.2, 0.25) is 0 Å². The molecular weight excluding hydrogens is 247 g/mol. The van der Waals surface area contributed by atoms with Gasteiger partial charge < -0.3 is 5.32 Å². The van der Waals surface area contributed by atoms with Crippen LogP contribution in [0.4, 0.5) is 15.8 Å². The first-order valence-electron chi connectivity index (χ1n) is 5.79. The zero-order valence-electron chi connectivity index (χ0n) is 11.0. The molecule has 0 saturated carbocycles. The molecule has 0 atom stereocenters. The van der Waals surface area contributed by atoms with Crippen molar-refractivity contribution < 1.29 is 9.18 Å². The van der Waals surface area contributed by atoms with Gasteiger partial charge in [0.05, 0.1) is 16.9 Å². The molecule has 5 nitrogen and oxygen atoms in total. The molecule has 1 aliphatic heterocycles. The highest BCUT2D eigenvalue weighted by molar-refractivity contribution is 6.25. The number of carbonyl (C=O) groups excluding carboxylic acids is 1. The predicted molar refractivity (Wildman–Crippen MR) is 73.1 cm³/mol. The van der Waals surface area contributed by atoms with E-state index in [0.29, 0.717) is 6.29 Å². The summed E-state index contributed by atoms with van der Waals surface area (Å²) in [5.41, 5.74) is -0.197. The molecule has 0 saturated heterocycles. The summed E-state index contributed by atoms with van der Waals surface area (Å²) in [5.74, 6) is -0.344. The molecular formula is C13H15FN4O. The van der Waals surface area contributed by atoms with Crippen molar-refractivity contribution >= 4 is 29.3 Å². The van der Waals surface area contributed by atoms with E-state index in [1.807, 2.05) is 0 Å².